The lowest BCUT2D eigenvalue weighted by atomic mass is 11.0. The van der Waals surface area contributed by atoms with Crippen molar-refractivity contribution in [2.45, 2.75) is 0 Å². The third kappa shape index (κ3) is 1.15. The number of hydrogen-bond acceptors (Lipinski definition) is 3. The fourth-order valence-electron chi connectivity index (χ4n) is 0.320. The molecular formula is C3H3N3O3. The monoisotopic (exact) mass is 132 g/mol. The molecule has 0 unspecified atom stereocenters. The summed E-state index contributed by atoms with van der Waals surface area (Å²) < 4.78 is 20.1. The minimum absolute atomic E-state index is 0.249. The molecule has 0 saturated carbocycles. The van der Waals surface area contributed by atoms with Gasteiger partial charge in [0.15, 0.2) is 4.24 Å². The van der Waals surface area contributed by atoms with Gasteiger partial charge in [-0.1, -0.05) is 0 Å². The molecule has 0 aromatic carbocycles. The molecule has 1 aromatic heterocycles. The first-order valence-electron chi connectivity index (χ1n) is 3.30. The highest BCUT2D eigenvalue weighted by Crippen LogP contribution is 1.29. The maximum absolute atomic E-state index is 10.6. The molecule has 1 rings (SSSR count). The van der Waals surface area contributed by atoms with Crippen LogP contribution in [-0.2, 0) is 0 Å². The standard InChI is InChI=1S/C3H3N3O3/c7-1-4-2(8)6-3(9)5-1/h(H3,4,5,6,7,8,9)/i/hD3. The van der Waals surface area contributed by atoms with Crippen molar-refractivity contribution < 1.29 is 4.24 Å². The number of H-pyrrole nitrogens is 3. The number of hydrogen-bond donors (Lipinski definition) is 3. The summed E-state index contributed by atoms with van der Waals surface area (Å²) >= 11 is 0. The van der Waals surface area contributed by atoms with Crippen LogP contribution in [0.4, 0.5) is 0 Å². The molecule has 0 bridgehead atoms. The number of nitrogens with one attached hydrogen (secondary N) is 3. The quantitative estimate of drug-likeness (QED) is 0.372. The van der Waals surface area contributed by atoms with Gasteiger partial charge in [0.05, 0.1) is 0 Å². The smallest absolute Gasteiger partial charge is 0.259 e. The van der Waals surface area contributed by atoms with Gasteiger partial charge >= 0.3 is 17.1 Å². The second-order valence-corrected chi connectivity index (χ2v) is 1.18. The van der Waals surface area contributed by atoms with Crippen LogP contribution in [0.3, 0.4) is 0 Å². The van der Waals surface area contributed by atoms with Gasteiger partial charge in [0.2, 0.25) is 0 Å². The molecule has 0 aliphatic heterocycles. The average Bonchev–Trinajstić information content (AvgIpc) is 2.08. The zero-order chi connectivity index (χ0) is 9.46. The Balaban J connectivity index is 4.00. The Morgan fingerprint density at radius 2 is 1.11 bits per heavy atom. The van der Waals surface area contributed by atoms with Crippen molar-refractivity contribution in [2.75, 3.05) is 0 Å². The van der Waals surface area contributed by atoms with Gasteiger partial charge in [-0.15, -0.1) is 0 Å². The highest BCUT2D eigenvalue weighted by Gasteiger charge is 1.84. The fraction of sp³-hybridized carbons (Fsp3) is 0. The highest BCUT2D eigenvalue weighted by atomic mass is 16.2. The average molecular weight is 132 g/mol. The maximum Gasteiger partial charge on any atom is 0.330 e. The minimum atomic E-state index is -1.39. The Hall–Kier alpha value is -1.59. The zero-order valence-electron chi connectivity index (χ0n) is 7.07. The Morgan fingerprint density at radius 1 is 0.889 bits per heavy atom. The summed E-state index contributed by atoms with van der Waals surface area (Å²) in [4.78, 5) is 31.1. The third-order valence-electron chi connectivity index (χ3n) is 0.574. The Morgan fingerprint density at radius 3 is 1.33 bits per heavy atom. The molecule has 0 radical (unpaired) electrons. The van der Waals surface area contributed by atoms with E-state index in [0.717, 1.165) is 0 Å². The Kier molecular flexibility index (Phi) is 0.540. The van der Waals surface area contributed by atoms with Crippen molar-refractivity contribution in [3.63, 3.8) is 0 Å². The van der Waals surface area contributed by atoms with Gasteiger partial charge < -0.3 is 0 Å². The largest absolute Gasteiger partial charge is 0.330 e. The topological polar surface area (TPSA) is 98.6 Å². The summed E-state index contributed by atoms with van der Waals surface area (Å²) in [5, 5.41) is 0. The van der Waals surface area contributed by atoms with Crippen LogP contribution in [0.2, 0.25) is 4.24 Å². The van der Waals surface area contributed by atoms with Crippen molar-refractivity contribution in [2.24, 2.45) is 0 Å². The Bertz CT molecular complexity index is 381. The van der Waals surface area contributed by atoms with Crippen LogP contribution in [-0.4, -0.2) is 14.9 Å². The van der Waals surface area contributed by atoms with Crippen LogP contribution in [0.15, 0.2) is 14.4 Å². The summed E-state index contributed by atoms with van der Waals surface area (Å²) in [6.07, 6.45) is 0. The molecule has 0 fully saturated rings. The van der Waals surface area contributed by atoms with Gasteiger partial charge in [0, 0.05) is 0 Å². The molecule has 0 saturated heterocycles. The van der Waals surface area contributed by atoms with E-state index in [-0.39, 0.29) is 14.9 Å². The molecule has 48 valence electrons. The Labute approximate surface area is 52.0 Å². The molecule has 0 amide bonds. The van der Waals surface area contributed by atoms with Gasteiger partial charge in [-0.25, -0.2) is 14.4 Å². The summed E-state index contributed by atoms with van der Waals surface area (Å²) in [5.74, 6) is 0. The van der Waals surface area contributed by atoms with E-state index in [1.165, 1.54) is 0 Å². The first kappa shape index (κ1) is 2.81. The number of rotatable bonds is 0. The van der Waals surface area contributed by atoms with Crippen LogP contribution >= 0.6 is 0 Å². The van der Waals surface area contributed by atoms with E-state index in [1.807, 2.05) is 0 Å². The SMILES string of the molecule is [2H]n1c(=O)n([2H])c(=O)n([2H])c1=O. The minimum Gasteiger partial charge on any atom is -0.259 e. The molecule has 1 heterocycles. The predicted molar refractivity (Wildman–Crippen MR) is 28.3 cm³/mol. The van der Waals surface area contributed by atoms with Gasteiger partial charge in [-0.05, 0) is 0 Å². The summed E-state index contributed by atoms with van der Waals surface area (Å²) in [7, 11) is 0. The second-order valence-electron chi connectivity index (χ2n) is 1.18. The van der Waals surface area contributed by atoms with E-state index >= 15 is 0 Å². The first-order chi connectivity index (χ1) is 5.46. The van der Waals surface area contributed by atoms with E-state index < -0.39 is 17.1 Å². The molecule has 6 nitrogen and oxygen atoms in total. The summed E-state index contributed by atoms with van der Waals surface area (Å²) in [6, 6.07) is 0. The van der Waals surface area contributed by atoms with Gasteiger partial charge in [0.25, 0.3) is 0 Å². The second kappa shape index (κ2) is 1.73. The van der Waals surface area contributed by atoms with Crippen LogP contribution in [0.25, 0.3) is 0 Å². The molecule has 6 heteroatoms. The summed E-state index contributed by atoms with van der Waals surface area (Å²) in [5.41, 5.74) is -4.18. The van der Waals surface area contributed by atoms with Crippen LogP contribution in [0.1, 0.15) is 0 Å². The van der Waals surface area contributed by atoms with Crippen LogP contribution in [0, 0.1) is 0 Å². The van der Waals surface area contributed by atoms with Gasteiger partial charge in [-0.3, -0.25) is 14.9 Å². The van der Waals surface area contributed by atoms with Crippen LogP contribution < -0.4 is 17.1 Å². The molecular weight excluding hydrogens is 126 g/mol. The van der Waals surface area contributed by atoms with Crippen molar-refractivity contribution in [1.82, 2.24) is 14.9 Å². The highest BCUT2D eigenvalue weighted by molar-refractivity contribution is 4.60. The van der Waals surface area contributed by atoms with Crippen molar-refractivity contribution in [3.05, 3.63) is 31.5 Å². The lowest BCUT2D eigenvalue weighted by Gasteiger charge is -1.77. The molecule has 0 aliphatic carbocycles. The van der Waals surface area contributed by atoms with E-state index in [9.17, 15) is 14.4 Å². The lowest BCUT2D eigenvalue weighted by molar-refractivity contribution is 0.888. The summed E-state index contributed by atoms with van der Waals surface area (Å²) in [6.45, 7) is 0. The number of aromatic nitrogens is 3. The zero-order valence-corrected chi connectivity index (χ0v) is 4.07. The number of aromatic amines is 3. The molecule has 0 spiro atoms. The molecule has 9 heavy (non-hydrogen) atoms. The maximum atomic E-state index is 10.6. The van der Waals surface area contributed by atoms with E-state index in [4.69, 9.17) is 4.24 Å². The third-order valence-corrected chi connectivity index (χ3v) is 0.574. The van der Waals surface area contributed by atoms with Crippen LogP contribution in [0.5, 0.6) is 0 Å². The normalized spacial score (nSPS) is 14.0. The first-order valence-corrected chi connectivity index (χ1v) is 1.95. The predicted octanol–water partition coefficient (Wildman–Crippen LogP) is -2.25. The molecule has 0 aliphatic rings. The van der Waals surface area contributed by atoms with Crippen molar-refractivity contribution in [3.8, 4) is 0 Å². The van der Waals surface area contributed by atoms with Gasteiger partial charge in [-0.2, -0.15) is 0 Å². The molecule has 0 atom stereocenters. The van der Waals surface area contributed by atoms with E-state index in [1.54, 1.807) is 0 Å². The van der Waals surface area contributed by atoms with E-state index in [0.29, 0.717) is 0 Å². The lowest BCUT2D eigenvalue weighted by Crippen LogP contribution is -2.34. The van der Waals surface area contributed by atoms with E-state index in [2.05, 4.69) is 0 Å². The fourth-order valence-corrected chi connectivity index (χ4v) is 0.320. The molecule has 1 aromatic rings. The van der Waals surface area contributed by atoms with Gasteiger partial charge in [0.1, 0.15) is 0 Å². The van der Waals surface area contributed by atoms with Crippen molar-refractivity contribution >= 4 is 0 Å². The molecule has 3 N–H and O–H groups in total. The van der Waals surface area contributed by atoms with Crippen molar-refractivity contribution in [1.29, 1.82) is 0 Å².